The van der Waals surface area contributed by atoms with Crippen LogP contribution in [0.15, 0.2) is 60.7 Å². The first-order valence-electron chi connectivity index (χ1n) is 16.7. The Balaban J connectivity index is 1.22. The van der Waals surface area contributed by atoms with Crippen molar-refractivity contribution in [2.45, 2.75) is 57.2 Å². The highest BCUT2D eigenvalue weighted by Gasteiger charge is 2.35. The molecule has 7 rings (SSSR count). The number of methoxy groups -OCH3 is 2. The highest BCUT2D eigenvalue weighted by Crippen LogP contribution is 2.30. The van der Waals surface area contributed by atoms with Gasteiger partial charge in [-0.3, -0.25) is 14.4 Å². The molecule has 11 nitrogen and oxygen atoms in total. The lowest BCUT2D eigenvalue weighted by molar-refractivity contribution is -0.125. The molecule has 0 spiro atoms. The Morgan fingerprint density at radius 3 is 2.42 bits per heavy atom. The molecule has 0 unspecified atom stereocenters. The van der Waals surface area contributed by atoms with Crippen LogP contribution in [0, 0.1) is 0 Å². The minimum Gasteiger partial charge on any atom is -0.496 e. The maximum atomic E-state index is 13.7. The number of likely N-dealkylation sites (tertiary alicyclic amines) is 1. The van der Waals surface area contributed by atoms with Crippen molar-refractivity contribution in [2.24, 2.45) is 0 Å². The van der Waals surface area contributed by atoms with Crippen LogP contribution < -0.4 is 34.5 Å². The lowest BCUT2D eigenvalue weighted by Gasteiger charge is -2.39. The smallest absolute Gasteiger partial charge is 0.258 e. The number of nitrogens with zero attached hydrogens (tertiary/aromatic N) is 2. The molecule has 3 aromatic carbocycles. The second-order valence-electron chi connectivity index (χ2n) is 12.5. The highest BCUT2D eigenvalue weighted by molar-refractivity contribution is 5.94. The van der Waals surface area contributed by atoms with Crippen LogP contribution in [0.3, 0.4) is 0 Å². The summed E-state index contributed by atoms with van der Waals surface area (Å²) >= 11 is 0. The number of anilines is 1. The van der Waals surface area contributed by atoms with E-state index in [9.17, 15) is 14.4 Å². The molecule has 2 saturated heterocycles. The van der Waals surface area contributed by atoms with Crippen molar-refractivity contribution in [3.8, 4) is 23.0 Å². The van der Waals surface area contributed by atoms with Gasteiger partial charge in [-0.2, -0.15) is 0 Å². The number of fused-ring (bicyclic) bond motifs is 9. The minimum atomic E-state index is -0.508. The molecule has 2 atom stereocenters. The molecular weight excluding hydrogens is 612 g/mol. The summed E-state index contributed by atoms with van der Waals surface area (Å²) in [7, 11) is 3.11. The number of nitrogens with one attached hydrogen (secondary N) is 2. The third-order valence-electron chi connectivity index (χ3n) is 9.27. The number of piperidine rings is 2. The first-order valence-corrected chi connectivity index (χ1v) is 16.7. The number of carbonyl (C=O) groups is 3. The van der Waals surface area contributed by atoms with E-state index >= 15 is 0 Å². The summed E-state index contributed by atoms with van der Waals surface area (Å²) in [6.07, 6.45) is 4.47. The third-order valence-corrected chi connectivity index (χ3v) is 9.27. The van der Waals surface area contributed by atoms with Crippen LogP contribution in [0.2, 0.25) is 0 Å². The average Bonchev–Trinajstić information content (AvgIpc) is 3.13. The van der Waals surface area contributed by atoms with Gasteiger partial charge in [0.25, 0.3) is 11.8 Å². The van der Waals surface area contributed by atoms with Crippen LogP contribution in [0.4, 0.5) is 5.69 Å². The third kappa shape index (κ3) is 7.95. The summed E-state index contributed by atoms with van der Waals surface area (Å²) in [4.78, 5) is 43.9. The van der Waals surface area contributed by atoms with Gasteiger partial charge < -0.3 is 39.4 Å². The van der Waals surface area contributed by atoms with E-state index in [0.29, 0.717) is 54.5 Å². The first kappa shape index (κ1) is 33.0. The van der Waals surface area contributed by atoms with Crippen molar-refractivity contribution in [3.63, 3.8) is 0 Å². The largest absolute Gasteiger partial charge is 0.496 e. The lowest BCUT2D eigenvalue weighted by Crippen LogP contribution is -2.58. The minimum absolute atomic E-state index is 0.0886. The number of hydrogen-bond acceptors (Lipinski definition) is 8. The van der Waals surface area contributed by atoms with E-state index in [-0.39, 0.29) is 37.3 Å². The quantitative estimate of drug-likeness (QED) is 0.431. The molecule has 4 heterocycles. The zero-order chi connectivity index (χ0) is 33.5. The number of rotatable bonds is 4. The number of aryl methyl sites for hydroxylation is 1. The zero-order valence-corrected chi connectivity index (χ0v) is 27.7. The van der Waals surface area contributed by atoms with Crippen molar-refractivity contribution < 1.29 is 33.3 Å². The summed E-state index contributed by atoms with van der Waals surface area (Å²) in [5, 5.41) is 6.04. The monoisotopic (exact) mass is 656 g/mol. The fraction of sp³-hybridized carbons (Fsp3) is 0.432. The van der Waals surface area contributed by atoms with Crippen molar-refractivity contribution in [3.05, 3.63) is 77.4 Å². The van der Waals surface area contributed by atoms with Gasteiger partial charge in [-0.1, -0.05) is 6.07 Å². The van der Waals surface area contributed by atoms with Crippen molar-refractivity contribution in [1.82, 2.24) is 15.5 Å². The molecule has 0 aliphatic carbocycles. The average molecular weight is 657 g/mol. The standard InChI is InChI=1S/C37H44N4O7/c1-45-32-14-6-25-7-15-35(42)38-22-27-10-13-29(21-33(27)46-2)48-31-16-19-41(23-30(31)39-36(43)24-47-34(32)20-25)37(44)26-8-11-28(12-9-26)40-17-4-3-5-18-40/h6,8-14,20-21,30-31H,3-5,7,15-19,22-24H2,1-2H3,(H,38,42)(H,39,43)/t30-,31+/m1/s1. The van der Waals surface area contributed by atoms with Crippen LogP contribution in [0.5, 0.6) is 23.0 Å². The molecule has 11 heteroatoms. The second-order valence-corrected chi connectivity index (χ2v) is 12.5. The summed E-state index contributed by atoms with van der Waals surface area (Å²) in [5.41, 5.74) is 3.43. The molecule has 4 aliphatic rings. The molecule has 48 heavy (non-hydrogen) atoms. The van der Waals surface area contributed by atoms with Gasteiger partial charge in [-0.15, -0.1) is 0 Å². The van der Waals surface area contributed by atoms with Gasteiger partial charge in [-0.05, 0) is 79.8 Å². The van der Waals surface area contributed by atoms with Gasteiger partial charge in [0.15, 0.2) is 18.1 Å². The van der Waals surface area contributed by atoms with Crippen LogP contribution >= 0.6 is 0 Å². The van der Waals surface area contributed by atoms with Gasteiger partial charge in [0.05, 0.1) is 20.3 Å². The Morgan fingerprint density at radius 2 is 1.65 bits per heavy atom. The molecule has 0 saturated carbocycles. The highest BCUT2D eigenvalue weighted by atomic mass is 16.5. The van der Waals surface area contributed by atoms with Crippen LogP contribution in [-0.2, 0) is 22.6 Å². The molecule has 3 amide bonds. The van der Waals surface area contributed by atoms with E-state index in [1.165, 1.54) is 26.4 Å². The molecular formula is C37H44N4O7. The van der Waals surface area contributed by atoms with Crippen molar-refractivity contribution >= 4 is 23.4 Å². The van der Waals surface area contributed by atoms with Gasteiger partial charge in [0, 0.05) is 68.4 Å². The topological polar surface area (TPSA) is 119 Å². The molecule has 4 aliphatic heterocycles. The fourth-order valence-electron chi connectivity index (χ4n) is 6.58. The van der Waals surface area contributed by atoms with E-state index in [0.717, 1.165) is 29.9 Å². The number of amides is 3. The number of ether oxygens (including phenoxy) is 4. The summed E-state index contributed by atoms with van der Waals surface area (Å²) in [6.45, 7) is 2.84. The molecule has 3 aromatic rings. The van der Waals surface area contributed by atoms with E-state index in [4.69, 9.17) is 18.9 Å². The second kappa shape index (κ2) is 15.3. The Kier molecular flexibility index (Phi) is 10.5. The van der Waals surface area contributed by atoms with Crippen molar-refractivity contribution in [1.29, 1.82) is 0 Å². The molecule has 0 aromatic heterocycles. The molecule has 2 N–H and O–H groups in total. The number of hydrogen-bond donors (Lipinski definition) is 2. The predicted molar refractivity (Wildman–Crippen MR) is 181 cm³/mol. The number of benzene rings is 3. The van der Waals surface area contributed by atoms with Gasteiger partial charge in [0.2, 0.25) is 5.91 Å². The molecule has 0 radical (unpaired) electrons. The Labute approximate surface area is 281 Å². The van der Waals surface area contributed by atoms with Gasteiger partial charge in [0.1, 0.15) is 17.6 Å². The van der Waals surface area contributed by atoms with E-state index < -0.39 is 12.1 Å². The van der Waals surface area contributed by atoms with Crippen LogP contribution in [0.25, 0.3) is 0 Å². The zero-order valence-electron chi connectivity index (χ0n) is 27.7. The van der Waals surface area contributed by atoms with Gasteiger partial charge in [-0.25, -0.2) is 0 Å². The lowest BCUT2D eigenvalue weighted by atomic mass is 10.00. The maximum absolute atomic E-state index is 13.7. The predicted octanol–water partition coefficient (Wildman–Crippen LogP) is 4.11. The summed E-state index contributed by atoms with van der Waals surface area (Å²) < 4.78 is 23.5. The van der Waals surface area contributed by atoms with Crippen LogP contribution in [-0.4, -0.2) is 81.8 Å². The Hall–Kier alpha value is -4.93. The Morgan fingerprint density at radius 1 is 0.854 bits per heavy atom. The van der Waals surface area contributed by atoms with Gasteiger partial charge >= 0.3 is 0 Å². The fourth-order valence-corrected chi connectivity index (χ4v) is 6.58. The molecule has 2 fully saturated rings. The van der Waals surface area contributed by atoms with E-state index in [1.54, 1.807) is 30.2 Å². The number of carbonyl (C=O) groups excluding carboxylic acids is 3. The normalized spacial score (nSPS) is 20.5. The molecule has 4 bridgehead atoms. The Bertz CT molecular complexity index is 1610. The summed E-state index contributed by atoms with van der Waals surface area (Å²) in [6, 6.07) is 18.3. The van der Waals surface area contributed by atoms with Crippen LogP contribution in [0.1, 0.15) is 53.6 Å². The SMILES string of the molecule is COc1cc2ccc1CNC(=O)CCc1ccc(OC)c(c1)OCC(=O)N[C@@H]1CN(C(=O)c3ccc(N4CCCCC4)cc3)CC[C@@H]1O2. The first-order chi connectivity index (χ1) is 23.4. The van der Waals surface area contributed by atoms with E-state index in [1.807, 2.05) is 42.5 Å². The van der Waals surface area contributed by atoms with E-state index in [2.05, 4.69) is 15.5 Å². The summed E-state index contributed by atoms with van der Waals surface area (Å²) in [5.74, 6) is 1.49. The van der Waals surface area contributed by atoms with Crippen molar-refractivity contribution in [2.75, 3.05) is 51.9 Å². The molecule has 254 valence electrons. The maximum Gasteiger partial charge on any atom is 0.258 e.